The molecule has 4 nitrogen and oxygen atoms in total. The lowest BCUT2D eigenvalue weighted by molar-refractivity contribution is 0.554. The monoisotopic (exact) mass is 200 g/mol. The molecule has 0 radical (unpaired) electrons. The van der Waals surface area contributed by atoms with E-state index < -0.39 is 0 Å². The number of nitrogens with zero attached hydrogens (tertiary/aromatic N) is 2. The summed E-state index contributed by atoms with van der Waals surface area (Å²) in [6, 6.07) is 7.39. The van der Waals surface area contributed by atoms with Gasteiger partial charge in [-0.2, -0.15) is 0 Å². The van der Waals surface area contributed by atoms with Gasteiger partial charge in [0.25, 0.3) is 0 Å². The summed E-state index contributed by atoms with van der Waals surface area (Å²) in [5.74, 6) is 1.45. The van der Waals surface area contributed by atoms with Crippen LogP contribution in [0.1, 0.15) is 11.5 Å². The van der Waals surface area contributed by atoms with Gasteiger partial charge in [0.05, 0.1) is 12.5 Å². The minimum absolute atomic E-state index is 0.437. The smallest absolute Gasteiger partial charge is 0.154 e. The van der Waals surface area contributed by atoms with E-state index in [2.05, 4.69) is 9.98 Å². The number of hydrogen-bond donors (Lipinski definition) is 0. The van der Waals surface area contributed by atoms with Crippen LogP contribution in [-0.2, 0) is 0 Å². The molecule has 0 N–H and O–H groups in total. The minimum Gasteiger partial charge on any atom is -0.463 e. The molecular formula is C11H8N2O2. The van der Waals surface area contributed by atoms with Crippen molar-refractivity contribution >= 4 is 11.4 Å². The van der Waals surface area contributed by atoms with Crippen molar-refractivity contribution in [3.63, 3.8) is 0 Å². The number of aliphatic imine (C=N–C) groups is 2. The summed E-state index contributed by atoms with van der Waals surface area (Å²) in [6.45, 7) is 0.437. The van der Waals surface area contributed by atoms with Gasteiger partial charge >= 0.3 is 0 Å². The van der Waals surface area contributed by atoms with Crippen molar-refractivity contribution in [1.29, 1.82) is 0 Å². The predicted octanol–water partition coefficient (Wildman–Crippen LogP) is 2.12. The number of furan rings is 2. The van der Waals surface area contributed by atoms with Crippen LogP contribution in [0.25, 0.3) is 0 Å². The van der Waals surface area contributed by atoms with Crippen LogP contribution in [0.4, 0.5) is 0 Å². The van der Waals surface area contributed by atoms with E-state index in [1.165, 1.54) is 0 Å². The average molecular weight is 200 g/mol. The quantitative estimate of drug-likeness (QED) is 0.745. The van der Waals surface area contributed by atoms with E-state index in [1.54, 1.807) is 12.5 Å². The maximum absolute atomic E-state index is 5.29. The van der Waals surface area contributed by atoms with Crippen LogP contribution in [0.3, 0.4) is 0 Å². The fourth-order valence-corrected chi connectivity index (χ4v) is 1.54. The molecule has 3 rings (SSSR count). The molecule has 1 aliphatic heterocycles. The Kier molecular flexibility index (Phi) is 1.78. The Morgan fingerprint density at radius 3 is 1.80 bits per heavy atom. The second-order valence-electron chi connectivity index (χ2n) is 3.11. The first kappa shape index (κ1) is 8.23. The minimum atomic E-state index is 0.437. The van der Waals surface area contributed by atoms with Gasteiger partial charge in [0.2, 0.25) is 0 Å². The van der Waals surface area contributed by atoms with E-state index in [9.17, 15) is 0 Å². The van der Waals surface area contributed by atoms with Crippen LogP contribution >= 0.6 is 0 Å². The number of rotatable bonds is 2. The Morgan fingerprint density at radius 1 is 0.867 bits per heavy atom. The molecule has 0 aromatic carbocycles. The fraction of sp³-hybridized carbons (Fsp3) is 0.0909. The third kappa shape index (κ3) is 1.30. The second-order valence-corrected chi connectivity index (χ2v) is 3.11. The van der Waals surface area contributed by atoms with Gasteiger partial charge in [0.1, 0.15) is 18.1 Å². The Balaban J connectivity index is 2.02. The second kappa shape index (κ2) is 3.24. The fourth-order valence-electron chi connectivity index (χ4n) is 1.54. The van der Waals surface area contributed by atoms with E-state index in [0.717, 1.165) is 22.9 Å². The van der Waals surface area contributed by atoms with Gasteiger partial charge in [-0.05, 0) is 24.3 Å². The molecule has 0 amide bonds. The Hall–Kier alpha value is -2.10. The van der Waals surface area contributed by atoms with E-state index in [0.29, 0.717) is 6.67 Å². The first-order valence-electron chi connectivity index (χ1n) is 4.62. The molecular weight excluding hydrogens is 192 g/mol. The van der Waals surface area contributed by atoms with Crippen molar-refractivity contribution in [2.75, 3.05) is 6.67 Å². The predicted molar refractivity (Wildman–Crippen MR) is 55.4 cm³/mol. The molecule has 2 aromatic rings. The van der Waals surface area contributed by atoms with Crippen molar-refractivity contribution in [3.8, 4) is 0 Å². The average Bonchev–Trinajstić information content (AvgIpc) is 3.01. The molecule has 0 unspecified atom stereocenters. The van der Waals surface area contributed by atoms with E-state index in [-0.39, 0.29) is 0 Å². The molecule has 0 saturated carbocycles. The van der Waals surface area contributed by atoms with Gasteiger partial charge in [0, 0.05) is 0 Å². The molecule has 0 spiro atoms. The Morgan fingerprint density at radius 2 is 1.40 bits per heavy atom. The summed E-state index contributed by atoms with van der Waals surface area (Å²) in [5, 5.41) is 0. The van der Waals surface area contributed by atoms with Crippen molar-refractivity contribution in [1.82, 2.24) is 0 Å². The molecule has 74 valence electrons. The summed E-state index contributed by atoms with van der Waals surface area (Å²) in [6.07, 6.45) is 3.24. The lowest BCUT2D eigenvalue weighted by atomic mass is 10.1. The van der Waals surface area contributed by atoms with Gasteiger partial charge in [-0.25, -0.2) is 0 Å². The lowest BCUT2D eigenvalue weighted by Crippen LogP contribution is -2.12. The summed E-state index contributed by atoms with van der Waals surface area (Å²) in [4.78, 5) is 8.55. The molecule has 0 atom stereocenters. The first-order chi connectivity index (χ1) is 7.45. The summed E-state index contributed by atoms with van der Waals surface area (Å²) in [5.41, 5.74) is 1.52. The normalized spacial score (nSPS) is 15.2. The SMILES string of the molecule is c1coc(C2=NCN=C2c2ccco2)c1. The van der Waals surface area contributed by atoms with Crippen molar-refractivity contribution in [2.45, 2.75) is 0 Å². The molecule has 3 heterocycles. The topological polar surface area (TPSA) is 51.0 Å². The Labute approximate surface area is 86.0 Å². The van der Waals surface area contributed by atoms with Crippen LogP contribution in [0.15, 0.2) is 55.6 Å². The van der Waals surface area contributed by atoms with Crippen LogP contribution in [0, 0.1) is 0 Å². The third-order valence-corrected chi connectivity index (χ3v) is 2.19. The van der Waals surface area contributed by atoms with Crippen molar-refractivity contribution in [2.24, 2.45) is 9.98 Å². The highest BCUT2D eigenvalue weighted by molar-refractivity contribution is 6.53. The van der Waals surface area contributed by atoms with E-state index >= 15 is 0 Å². The molecule has 4 heteroatoms. The highest BCUT2D eigenvalue weighted by Gasteiger charge is 2.21. The zero-order chi connectivity index (χ0) is 10.1. The van der Waals surface area contributed by atoms with Crippen molar-refractivity contribution in [3.05, 3.63) is 48.3 Å². The van der Waals surface area contributed by atoms with Gasteiger partial charge in [-0.15, -0.1) is 0 Å². The zero-order valence-corrected chi connectivity index (χ0v) is 7.88. The van der Waals surface area contributed by atoms with E-state index in [1.807, 2.05) is 24.3 Å². The van der Waals surface area contributed by atoms with Crippen molar-refractivity contribution < 1.29 is 8.83 Å². The molecule has 1 aliphatic rings. The summed E-state index contributed by atoms with van der Waals surface area (Å²) in [7, 11) is 0. The standard InChI is InChI=1S/C11H8N2O2/c1-3-8(14-5-1)10-11(13-7-12-10)9-4-2-6-15-9/h1-6H,7H2. The molecule has 0 fully saturated rings. The van der Waals surface area contributed by atoms with Crippen LogP contribution in [0.2, 0.25) is 0 Å². The molecule has 0 bridgehead atoms. The van der Waals surface area contributed by atoms with Gasteiger partial charge < -0.3 is 8.83 Å². The maximum Gasteiger partial charge on any atom is 0.154 e. The zero-order valence-electron chi connectivity index (χ0n) is 7.88. The number of hydrogen-bond acceptors (Lipinski definition) is 4. The maximum atomic E-state index is 5.29. The van der Waals surface area contributed by atoms with E-state index in [4.69, 9.17) is 8.83 Å². The summed E-state index contributed by atoms with van der Waals surface area (Å²) >= 11 is 0. The van der Waals surface area contributed by atoms with Crippen LogP contribution in [-0.4, -0.2) is 18.1 Å². The highest BCUT2D eigenvalue weighted by Crippen LogP contribution is 2.14. The van der Waals surface area contributed by atoms with Crippen LogP contribution in [0.5, 0.6) is 0 Å². The molecule has 15 heavy (non-hydrogen) atoms. The molecule has 2 aromatic heterocycles. The summed E-state index contributed by atoms with van der Waals surface area (Å²) < 4.78 is 10.6. The van der Waals surface area contributed by atoms with Gasteiger partial charge in [-0.3, -0.25) is 9.98 Å². The van der Waals surface area contributed by atoms with Gasteiger partial charge in [0.15, 0.2) is 11.5 Å². The first-order valence-corrected chi connectivity index (χ1v) is 4.62. The lowest BCUT2D eigenvalue weighted by Gasteiger charge is -1.98. The largest absolute Gasteiger partial charge is 0.463 e. The molecule has 0 saturated heterocycles. The highest BCUT2D eigenvalue weighted by atomic mass is 16.3. The van der Waals surface area contributed by atoms with Crippen LogP contribution < -0.4 is 0 Å². The third-order valence-electron chi connectivity index (χ3n) is 2.19. The van der Waals surface area contributed by atoms with Gasteiger partial charge in [-0.1, -0.05) is 0 Å². The molecule has 0 aliphatic carbocycles. The Bertz CT molecular complexity index is 459.